The van der Waals surface area contributed by atoms with E-state index in [0.29, 0.717) is 0 Å². The average molecular weight is 270 g/mol. The summed E-state index contributed by atoms with van der Waals surface area (Å²) >= 11 is 0. The lowest BCUT2D eigenvalue weighted by molar-refractivity contribution is -0.154. The maximum Gasteiger partial charge on any atom is 0.407 e. The molecule has 0 heterocycles. The maximum atomic E-state index is 11.6. The van der Waals surface area contributed by atoms with E-state index in [-0.39, 0.29) is 13.0 Å². The lowest BCUT2D eigenvalue weighted by Crippen LogP contribution is -2.39. The Hall–Kier alpha value is -1.85. The average Bonchev–Trinajstić information content (AvgIpc) is 2.23. The number of hydrogen-bond donors (Lipinski definition) is 1. The van der Waals surface area contributed by atoms with Crippen molar-refractivity contribution >= 4 is 18.3 Å². The summed E-state index contributed by atoms with van der Waals surface area (Å²) in [4.78, 5) is 26.8. The fourth-order valence-corrected chi connectivity index (χ4v) is 1.21. The maximum absolute atomic E-state index is 11.6. The van der Waals surface area contributed by atoms with E-state index < -0.39 is 23.7 Å². The Bertz CT molecular complexity index is 345. The zero-order valence-corrected chi connectivity index (χ0v) is 11.9. The number of ether oxygens (including phenoxy) is 2. The first-order valence-electron chi connectivity index (χ1n) is 5.97. The van der Waals surface area contributed by atoms with E-state index in [1.54, 1.807) is 27.8 Å². The van der Waals surface area contributed by atoms with Crippen LogP contribution in [0.5, 0.6) is 0 Å². The van der Waals surface area contributed by atoms with Crippen molar-refractivity contribution in [2.75, 3.05) is 13.7 Å². The Morgan fingerprint density at radius 3 is 2.53 bits per heavy atom. The first-order valence-corrected chi connectivity index (χ1v) is 5.97. The van der Waals surface area contributed by atoms with E-state index >= 15 is 0 Å². The molecule has 0 aliphatic heterocycles. The van der Waals surface area contributed by atoms with Crippen LogP contribution in [0.1, 0.15) is 27.2 Å². The minimum atomic E-state index is -0.631. The van der Waals surface area contributed by atoms with Gasteiger partial charge in [0.2, 0.25) is 0 Å². The van der Waals surface area contributed by atoms with E-state index in [4.69, 9.17) is 9.47 Å². The number of hydrogen-bond acceptors (Lipinski definition) is 5. The molecule has 1 atom stereocenters. The van der Waals surface area contributed by atoms with Gasteiger partial charge in [0.05, 0.1) is 12.5 Å². The number of alkyl carbamates (subject to hydrolysis) is 1. The van der Waals surface area contributed by atoms with Crippen molar-refractivity contribution in [2.24, 2.45) is 4.99 Å². The van der Waals surface area contributed by atoms with Crippen LogP contribution in [0.3, 0.4) is 0 Å². The van der Waals surface area contributed by atoms with Crippen LogP contribution in [-0.4, -0.2) is 43.6 Å². The van der Waals surface area contributed by atoms with Gasteiger partial charge in [0.15, 0.2) is 0 Å². The van der Waals surface area contributed by atoms with Gasteiger partial charge in [-0.05, 0) is 20.8 Å². The molecule has 0 unspecified atom stereocenters. The molecule has 0 spiro atoms. The summed E-state index contributed by atoms with van der Waals surface area (Å²) in [5.41, 5.74) is -0.561. The van der Waals surface area contributed by atoms with Crippen molar-refractivity contribution in [2.45, 2.75) is 38.8 Å². The second-order valence-electron chi connectivity index (χ2n) is 4.84. The molecule has 6 heteroatoms. The number of amides is 1. The van der Waals surface area contributed by atoms with Crippen molar-refractivity contribution in [3.63, 3.8) is 0 Å². The van der Waals surface area contributed by atoms with Gasteiger partial charge >= 0.3 is 12.1 Å². The molecule has 0 fully saturated rings. The van der Waals surface area contributed by atoms with Crippen LogP contribution >= 0.6 is 0 Å². The van der Waals surface area contributed by atoms with Gasteiger partial charge in [-0.3, -0.25) is 9.79 Å². The van der Waals surface area contributed by atoms with Gasteiger partial charge in [-0.15, -0.1) is 0 Å². The van der Waals surface area contributed by atoms with Crippen molar-refractivity contribution < 1.29 is 19.1 Å². The second kappa shape index (κ2) is 8.29. The highest BCUT2D eigenvalue weighted by Gasteiger charge is 2.21. The van der Waals surface area contributed by atoms with Crippen LogP contribution < -0.4 is 5.32 Å². The third-order valence-corrected chi connectivity index (χ3v) is 1.77. The third-order valence-electron chi connectivity index (χ3n) is 1.77. The molecule has 1 N–H and O–H groups in total. The quantitative estimate of drug-likeness (QED) is 0.453. The van der Waals surface area contributed by atoms with Crippen LogP contribution in [0, 0.1) is 0 Å². The summed E-state index contributed by atoms with van der Waals surface area (Å²) in [6.07, 6.45) is 2.28. The van der Waals surface area contributed by atoms with Gasteiger partial charge in [0.1, 0.15) is 12.2 Å². The molecule has 6 nitrogen and oxygen atoms in total. The topological polar surface area (TPSA) is 77.0 Å². The Kier molecular flexibility index (Phi) is 7.48. The molecule has 0 bridgehead atoms. The van der Waals surface area contributed by atoms with Gasteiger partial charge in [-0.1, -0.05) is 12.7 Å². The highest BCUT2D eigenvalue weighted by Crippen LogP contribution is 2.09. The molecule has 0 rings (SSSR count). The highest BCUT2D eigenvalue weighted by molar-refractivity contribution is 5.81. The highest BCUT2D eigenvalue weighted by atomic mass is 16.6. The largest absolute Gasteiger partial charge is 0.460 e. The summed E-state index contributed by atoms with van der Waals surface area (Å²) in [6.45, 7) is 8.87. The van der Waals surface area contributed by atoms with E-state index in [9.17, 15) is 9.59 Å². The van der Waals surface area contributed by atoms with Crippen LogP contribution in [0.2, 0.25) is 0 Å². The van der Waals surface area contributed by atoms with E-state index in [1.807, 2.05) is 0 Å². The standard InChI is InChI=1S/C13H22N2O4/c1-6-7-18-12(17)15-10(9-14-5)8-11(16)19-13(2,3)4/h6,9-10H,1,7-8H2,2-5H3,(H,15,17)/b14-9+/t10-/m0/s1. The Balaban J connectivity index is 4.37. The zero-order chi connectivity index (χ0) is 14.9. The van der Waals surface area contributed by atoms with Gasteiger partial charge < -0.3 is 14.8 Å². The lowest BCUT2D eigenvalue weighted by atomic mass is 10.2. The summed E-state index contributed by atoms with van der Waals surface area (Å²) in [5, 5.41) is 2.51. The lowest BCUT2D eigenvalue weighted by Gasteiger charge is -2.21. The van der Waals surface area contributed by atoms with Gasteiger partial charge in [-0.25, -0.2) is 4.79 Å². The molecular formula is C13H22N2O4. The molecule has 0 aliphatic carbocycles. The fraction of sp³-hybridized carbons (Fsp3) is 0.615. The normalized spacial score (nSPS) is 12.8. The molecule has 0 aromatic heterocycles. The molecular weight excluding hydrogens is 248 g/mol. The number of nitrogens with one attached hydrogen (secondary N) is 1. The molecule has 108 valence electrons. The molecule has 0 aromatic carbocycles. The number of aliphatic imine (C=N–C) groups is 1. The van der Waals surface area contributed by atoms with Crippen molar-refractivity contribution in [3.05, 3.63) is 12.7 Å². The second-order valence-corrected chi connectivity index (χ2v) is 4.84. The number of rotatable bonds is 6. The summed E-state index contributed by atoms with van der Waals surface area (Å²) < 4.78 is 9.94. The minimum Gasteiger partial charge on any atom is -0.460 e. The Morgan fingerprint density at radius 1 is 1.42 bits per heavy atom. The smallest absolute Gasteiger partial charge is 0.407 e. The van der Waals surface area contributed by atoms with E-state index in [2.05, 4.69) is 16.9 Å². The monoisotopic (exact) mass is 270 g/mol. The van der Waals surface area contributed by atoms with Crippen LogP contribution in [-0.2, 0) is 14.3 Å². The van der Waals surface area contributed by atoms with Crippen LogP contribution in [0.25, 0.3) is 0 Å². The van der Waals surface area contributed by atoms with Gasteiger partial charge in [-0.2, -0.15) is 0 Å². The van der Waals surface area contributed by atoms with Crippen molar-refractivity contribution in [1.82, 2.24) is 5.32 Å². The summed E-state index contributed by atoms with van der Waals surface area (Å²) in [5.74, 6) is -0.415. The molecule has 0 saturated heterocycles. The first kappa shape index (κ1) is 17.2. The van der Waals surface area contributed by atoms with E-state index in [0.717, 1.165) is 0 Å². The first-order chi connectivity index (χ1) is 8.78. The summed E-state index contributed by atoms with van der Waals surface area (Å²) in [6, 6.07) is -0.558. The Labute approximate surface area is 113 Å². The fourth-order valence-electron chi connectivity index (χ4n) is 1.21. The van der Waals surface area contributed by atoms with Gasteiger partial charge in [0.25, 0.3) is 0 Å². The van der Waals surface area contributed by atoms with Crippen molar-refractivity contribution in [3.8, 4) is 0 Å². The van der Waals surface area contributed by atoms with Gasteiger partial charge in [0, 0.05) is 13.3 Å². The zero-order valence-electron chi connectivity index (χ0n) is 11.9. The minimum absolute atomic E-state index is 0.00218. The predicted octanol–water partition coefficient (Wildman–Crippen LogP) is 1.70. The SMILES string of the molecule is C=CCOC(=O)N[C@H](/C=N/C)CC(=O)OC(C)(C)C. The molecule has 19 heavy (non-hydrogen) atoms. The molecule has 1 amide bonds. The number of carbonyl (C=O) groups excluding carboxylic acids is 2. The van der Waals surface area contributed by atoms with Crippen LogP contribution in [0.4, 0.5) is 4.79 Å². The van der Waals surface area contributed by atoms with Crippen molar-refractivity contribution in [1.29, 1.82) is 0 Å². The molecule has 0 aliphatic rings. The molecule has 0 radical (unpaired) electrons. The molecule has 0 saturated carbocycles. The molecule has 0 aromatic rings. The van der Waals surface area contributed by atoms with E-state index in [1.165, 1.54) is 12.3 Å². The third kappa shape index (κ3) is 9.82. The van der Waals surface area contributed by atoms with Crippen LogP contribution in [0.15, 0.2) is 17.6 Å². The Morgan fingerprint density at radius 2 is 2.05 bits per heavy atom. The number of esters is 1. The number of nitrogens with zero attached hydrogens (tertiary/aromatic N) is 1. The summed E-state index contributed by atoms with van der Waals surface area (Å²) in [7, 11) is 1.55. The number of carbonyl (C=O) groups is 2. The predicted molar refractivity (Wildman–Crippen MR) is 73.3 cm³/mol.